The number of imidazole rings is 1. The molecule has 7 heteroatoms. The molecule has 0 aliphatic carbocycles. The third-order valence-corrected chi connectivity index (χ3v) is 2.67. The van der Waals surface area contributed by atoms with Crippen molar-refractivity contribution in [3.8, 4) is 0 Å². The zero-order valence-electron chi connectivity index (χ0n) is 10.1. The number of nitrogens with zero attached hydrogens (tertiary/aromatic N) is 1. The Labute approximate surface area is 108 Å². The van der Waals surface area contributed by atoms with E-state index in [4.69, 9.17) is 10.8 Å². The van der Waals surface area contributed by atoms with Crippen molar-refractivity contribution in [2.75, 3.05) is 11.1 Å². The summed E-state index contributed by atoms with van der Waals surface area (Å²) in [6.45, 7) is 1.82. The van der Waals surface area contributed by atoms with Crippen molar-refractivity contribution in [2.45, 2.75) is 13.0 Å². The number of carbonyl (C=O) groups is 1. The molecule has 0 bridgehead atoms. The minimum atomic E-state index is -1.35. The molecule has 1 aromatic heterocycles. The summed E-state index contributed by atoms with van der Waals surface area (Å²) in [7, 11) is 0. The van der Waals surface area contributed by atoms with Crippen molar-refractivity contribution in [1.29, 1.82) is 0 Å². The second-order valence-corrected chi connectivity index (χ2v) is 4.06. The Morgan fingerprint density at radius 3 is 2.89 bits per heavy atom. The summed E-state index contributed by atoms with van der Waals surface area (Å²) in [6.07, 6.45) is 3.27. The fourth-order valence-electron chi connectivity index (χ4n) is 1.69. The number of rotatable bonds is 4. The molecule has 5 N–H and O–H groups in total. The van der Waals surface area contributed by atoms with Crippen molar-refractivity contribution in [3.05, 3.63) is 41.7 Å². The number of hydrogen-bond acceptors (Lipinski definition) is 4. The van der Waals surface area contributed by atoms with Crippen LogP contribution in [0.25, 0.3) is 0 Å². The monoisotopic (exact) mass is 264 g/mol. The summed E-state index contributed by atoms with van der Waals surface area (Å²) >= 11 is 0. The van der Waals surface area contributed by atoms with E-state index in [0.29, 0.717) is 11.5 Å². The molecule has 2 rings (SSSR count). The van der Waals surface area contributed by atoms with E-state index in [1.165, 1.54) is 0 Å². The Kier molecular flexibility index (Phi) is 3.37. The van der Waals surface area contributed by atoms with Crippen LogP contribution in [-0.2, 0) is 0 Å². The summed E-state index contributed by atoms with van der Waals surface area (Å²) < 4.78 is 13.6. The normalized spacial score (nSPS) is 12.1. The molecule has 1 unspecified atom stereocenters. The van der Waals surface area contributed by atoms with Gasteiger partial charge >= 0.3 is 5.97 Å². The van der Waals surface area contributed by atoms with Gasteiger partial charge in [0.15, 0.2) is 0 Å². The van der Waals surface area contributed by atoms with Crippen molar-refractivity contribution in [1.82, 2.24) is 9.97 Å². The first-order valence-electron chi connectivity index (χ1n) is 5.57. The number of nitrogen functional groups attached to an aromatic ring is 1. The highest BCUT2D eigenvalue weighted by molar-refractivity contribution is 5.90. The molecule has 0 fully saturated rings. The lowest BCUT2D eigenvalue weighted by atomic mass is 10.1. The van der Waals surface area contributed by atoms with E-state index in [0.717, 1.165) is 12.1 Å². The average molecular weight is 264 g/mol. The Morgan fingerprint density at radius 1 is 1.58 bits per heavy atom. The molecular formula is C12H13FN4O2. The molecule has 19 heavy (non-hydrogen) atoms. The standard InChI is InChI=1S/C12H13FN4O2/c1-6(11-15-2-3-16-11)17-10-5-8(13)7(12(18)19)4-9(10)14/h2-6,17H,14H2,1H3,(H,15,16)(H,18,19). The Bertz CT molecular complexity index is 598. The summed E-state index contributed by atoms with van der Waals surface area (Å²) in [5.41, 5.74) is 5.75. The maximum absolute atomic E-state index is 13.6. The van der Waals surface area contributed by atoms with Gasteiger partial charge < -0.3 is 21.1 Å². The Balaban J connectivity index is 2.26. The molecule has 0 aliphatic rings. The molecule has 0 saturated heterocycles. The number of hydrogen-bond donors (Lipinski definition) is 4. The van der Waals surface area contributed by atoms with Gasteiger partial charge in [0.1, 0.15) is 11.6 Å². The van der Waals surface area contributed by atoms with Crippen LogP contribution in [0.3, 0.4) is 0 Å². The predicted octanol–water partition coefficient (Wildman–Crippen LogP) is 2.00. The highest BCUT2D eigenvalue weighted by Crippen LogP contribution is 2.26. The summed E-state index contributed by atoms with van der Waals surface area (Å²) in [5, 5.41) is 11.7. The average Bonchev–Trinajstić information content (AvgIpc) is 2.86. The summed E-state index contributed by atoms with van der Waals surface area (Å²) in [5.74, 6) is -1.52. The molecule has 0 saturated carbocycles. The molecule has 1 heterocycles. The van der Waals surface area contributed by atoms with Gasteiger partial charge in [-0.2, -0.15) is 0 Å². The first-order valence-corrected chi connectivity index (χ1v) is 5.57. The van der Waals surface area contributed by atoms with Gasteiger partial charge in [0.2, 0.25) is 0 Å². The van der Waals surface area contributed by atoms with Gasteiger partial charge in [0.25, 0.3) is 0 Å². The zero-order valence-corrected chi connectivity index (χ0v) is 10.1. The van der Waals surface area contributed by atoms with E-state index in [1.807, 2.05) is 6.92 Å². The van der Waals surface area contributed by atoms with Gasteiger partial charge in [-0.25, -0.2) is 14.2 Å². The smallest absolute Gasteiger partial charge is 0.338 e. The van der Waals surface area contributed by atoms with E-state index in [9.17, 15) is 9.18 Å². The molecule has 100 valence electrons. The SMILES string of the molecule is CC(Nc1cc(F)c(C(=O)O)cc1N)c1ncc[nH]1. The quantitative estimate of drug-likeness (QED) is 0.632. The highest BCUT2D eigenvalue weighted by Gasteiger charge is 2.15. The number of aromatic carboxylic acids is 1. The summed E-state index contributed by atoms with van der Waals surface area (Å²) in [6, 6.07) is 1.94. The van der Waals surface area contributed by atoms with Crippen LogP contribution >= 0.6 is 0 Å². The highest BCUT2D eigenvalue weighted by atomic mass is 19.1. The molecule has 0 aliphatic heterocycles. The number of benzene rings is 1. The van der Waals surface area contributed by atoms with Crippen LogP contribution in [0, 0.1) is 5.82 Å². The predicted molar refractivity (Wildman–Crippen MR) is 68.4 cm³/mol. The first-order chi connectivity index (χ1) is 8.99. The number of carboxylic acid groups (broad SMARTS) is 1. The lowest BCUT2D eigenvalue weighted by Gasteiger charge is -2.15. The van der Waals surface area contributed by atoms with Crippen LogP contribution in [0.4, 0.5) is 15.8 Å². The number of aromatic nitrogens is 2. The van der Waals surface area contributed by atoms with Crippen LogP contribution in [0.1, 0.15) is 29.1 Å². The van der Waals surface area contributed by atoms with Crippen LogP contribution in [-0.4, -0.2) is 21.0 Å². The van der Waals surface area contributed by atoms with Crippen molar-refractivity contribution < 1.29 is 14.3 Å². The minimum Gasteiger partial charge on any atom is -0.478 e. The van der Waals surface area contributed by atoms with Crippen molar-refractivity contribution >= 4 is 17.3 Å². The maximum Gasteiger partial charge on any atom is 0.338 e. The Hall–Kier alpha value is -2.57. The molecular weight excluding hydrogens is 251 g/mol. The molecule has 1 atom stereocenters. The second kappa shape index (κ2) is 4.97. The number of H-pyrrole nitrogens is 1. The van der Waals surface area contributed by atoms with Gasteiger partial charge in [-0.05, 0) is 19.1 Å². The lowest BCUT2D eigenvalue weighted by Crippen LogP contribution is -2.11. The maximum atomic E-state index is 13.6. The van der Waals surface area contributed by atoms with Gasteiger partial charge in [0.05, 0.1) is 23.0 Å². The second-order valence-electron chi connectivity index (χ2n) is 4.06. The largest absolute Gasteiger partial charge is 0.478 e. The van der Waals surface area contributed by atoms with E-state index in [1.54, 1.807) is 12.4 Å². The fraction of sp³-hybridized carbons (Fsp3) is 0.167. The molecule has 6 nitrogen and oxygen atoms in total. The number of carboxylic acids is 1. The molecule has 0 radical (unpaired) electrons. The number of halogens is 1. The fourth-order valence-corrected chi connectivity index (χ4v) is 1.69. The third-order valence-electron chi connectivity index (χ3n) is 2.67. The topological polar surface area (TPSA) is 104 Å². The van der Waals surface area contributed by atoms with Crippen LogP contribution < -0.4 is 11.1 Å². The van der Waals surface area contributed by atoms with Gasteiger partial charge in [-0.1, -0.05) is 0 Å². The molecule has 1 aromatic carbocycles. The Morgan fingerprint density at radius 2 is 2.32 bits per heavy atom. The van der Waals surface area contributed by atoms with Gasteiger partial charge in [0, 0.05) is 12.4 Å². The molecule has 0 amide bonds. The van der Waals surface area contributed by atoms with Crippen LogP contribution in [0.15, 0.2) is 24.5 Å². The van der Waals surface area contributed by atoms with E-state index < -0.39 is 17.3 Å². The van der Waals surface area contributed by atoms with Gasteiger partial charge in [-0.3, -0.25) is 0 Å². The summed E-state index contributed by atoms with van der Waals surface area (Å²) in [4.78, 5) is 17.7. The van der Waals surface area contributed by atoms with Crippen LogP contribution in [0.2, 0.25) is 0 Å². The van der Waals surface area contributed by atoms with E-state index in [-0.39, 0.29) is 11.7 Å². The lowest BCUT2D eigenvalue weighted by molar-refractivity contribution is 0.0692. The zero-order chi connectivity index (χ0) is 14.0. The number of nitrogens with one attached hydrogen (secondary N) is 2. The van der Waals surface area contributed by atoms with Crippen molar-refractivity contribution in [3.63, 3.8) is 0 Å². The number of aromatic amines is 1. The van der Waals surface area contributed by atoms with E-state index >= 15 is 0 Å². The number of nitrogens with two attached hydrogens (primary N) is 1. The third kappa shape index (κ3) is 2.65. The van der Waals surface area contributed by atoms with Gasteiger partial charge in [-0.15, -0.1) is 0 Å². The minimum absolute atomic E-state index is 0.164. The van der Waals surface area contributed by atoms with Crippen LogP contribution in [0.5, 0.6) is 0 Å². The first kappa shape index (κ1) is 12.9. The van der Waals surface area contributed by atoms with Crippen molar-refractivity contribution in [2.24, 2.45) is 0 Å². The number of anilines is 2. The molecule has 2 aromatic rings. The molecule has 0 spiro atoms. The van der Waals surface area contributed by atoms with E-state index in [2.05, 4.69) is 15.3 Å².